The second kappa shape index (κ2) is 5.58. The molecule has 0 spiro atoms. The van der Waals surface area contributed by atoms with Crippen LogP contribution >= 0.6 is 0 Å². The summed E-state index contributed by atoms with van der Waals surface area (Å²) in [6, 6.07) is 0.401. The quantitative estimate of drug-likeness (QED) is 0.620. The molecule has 0 aromatic heterocycles. The highest BCUT2D eigenvalue weighted by molar-refractivity contribution is 5.74. The van der Waals surface area contributed by atoms with Crippen molar-refractivity contribution in [2.75, 3.05) is 7.05 Å². The molecule has 0 radical (unpaired) electrons. The predicted molar refractivity (Wildman–Crippen MR) is 57.5 cm³/mol. The average molecular weight is 213 g/mol. The molecule has 0 aromatic rings. The van der Waals surface area contributed by atoms with Crippen molar-refractivity contribution in [2.24, 2.45) is 0 Å². The van der Waals surface area contributed by atoms with Crippen LogP contribution in [0.1, 0.15) is 32.6 Å². The molecule has 5 heteroatoms. The number of carbonyl (C=O) groups is 2. The van der Waals surface area contributed by atoms with Gasteiger partial charge in [-0.15, -0.1) is 0 Å². The molecular formula is C10H19N3O2. The molecule has 0 unspecified atom stereocenters. The van der Waals surface area contributed by atoms with Gasteiger partial charge in [0.2, 0.25) is 5.91 Å². The van der Waals surface area contributed by atoms with E-state index < -0.39 is 0 Å². The Morgan fingerprint density at radius 2 is 1.47 bits per heavy atom. The van der Waals surface area contributed by atoms with E-state index in [1.54, 1.807) is 7.05 Å². The highest BCUT2D eigenvalue weighted by Crippen LogP contribution is 2.18. The zero-order valence-electron chi connectivity index (χ0n) is 9.30. The highest BCUT2D eigenvalue weighted by Gasteiger charge is 2.22. The van der Waals surface area contributed by atoms with Gasteiger partial charge in [-0.3, -0.25) is 4.79 Å². The lowest BCUT2D eigenvalue weighted by atomic mass is 9.91. The van der Waals surface area contributed by atoms with E-state index in [-0.39, 0.29) is 24.0 Å². The first-order valence-corrected chi connectivity index (χ1v) is 5.37. The molecule has 1 saturated carbocycles. The van der Waals surface area contributed by atoms with Gasteiger partial charge in [-0.05, 0) is 25.7 Å². The second-order valence-corrected chi connectivity index (χ2v) is 3.97. The molecular weight excluding hydrogens is 194 g/mol. The summed E-state index contributed by atoms with van der Waals surface area (Å²) < 4.78 is 0. The third-order valence-corrected chi connectivity index (χ3v) is 2.70. The largest absolute Gasteiger partial charge is 0.354 e. The third-order valence-electron chi connectivity index (χ3n) is 2.70. The van der Waals surface area contributed by atoms with Crippen LogP contribution in [0.2, 0.25) is 0 Å². The van der Waals surface area contributed by atoms with Gasteiger partial charge in [0.15, 0.2) is 0 Å². The van der Waals surface area contributed by atoms with Gasteiger partial charge in [0, 0.05) is 26.1 Å². The summed E-state index contributed by atoms with van der Waals surface area (Å²) >= 11 is 0. The molecule has 1 fully saturated rings. The van der Waals surface area contributed by atoms with Gasteiger partial charge in [0.05, 0.1) is 0 Å². The maximum Gasteiger partial charge on any atom is 0.314 e. The fourth-order valence-electron chi connectivity index (χ4n) is 1.93. The minimum Gasteiger partial charge on any atom is -0.354 e. The topological polar surface area (TPSA) is 70.2 Å². The SMILES string of the molecule is CNC(=O)N[C@H]1CC[C@H](NC(C)=O)CC1. The first-order valence-electron chi connectivity index (χ1n) is 5.37. The lowest BCUT2D eigenvalue weighted by molar-refractivity contribution is -0.119. The van der Waals surface area contributed by atoms with Gasteiger partial charge in [-0.25, -0.2) is 4.79 Å². The van der Waals surface area contributed by atoms with Gasteiger partial charge in [-0.2, -0.15) is 0 Å². The second-order valence-electron chi connectivity index (χ2n) is 3.97. The van der Waals surface area contributed by atoms with Gasteiger partial charge < -0.3 is 16.0 Å². The Labute approximate surface area is 90.0 Å². The summed E-state index contributed by atoms with van der Waals surface area (Å²) in [5, 5.41) is 8.32. The molecule has 1 aliphatic carbocycles. The highest BCUT2D eigenvalue weighted by atomic mass is 16.2. The minimum absolute atomic E-state index is 0.0257. The number of rotatable bonds is 2. The lowest BCUT2D eigenvalue weighted by Gasteiger charge is -2.29. The lowest BCUT2D eigenvalue weighted by Crippen LogP contribution is -2.45. The fourth-order valence-corrected chi connectivity index (χ4v) is 1.93. The summed E-state index contributed by atoms with van der Waals surface area (Å²) in [6.07, 6.45) is 3.74. The third kappa shape index (κ3) is 4.18. The van der Waals surface area contributed by atoms with Crippen molar-refractivity contribution >= 4 is 11.9 Å². The number of nitrogens with one attached hydrogen (secondary N) is 3. The zero-order valence-corrected chi connectivity index (χ0v) is 9.30. The van der Waals surface area contributed by atoms with Gasteiger partial charge in [0.1, 0.15) is 0 Å². The summed E-state index contributed by atoms with van der Waals surface area (Å²) in [5.74, 6) is 0.0257. The Bertz CT molecular complexity index is 235. The van der Waals surface area contributed by atoms with E-state index in [0.717, 1.165) is 25.7 Å². The van der Waals surface area contributed by atoms with Gasteiger partial charge in [0.25, 0.3) is 0 Å². The predicted octanol–water partition coefficient (Wildman–Crippen LogP) is 0.363. The van der Waals surface area contributed by atoms with E-state index in [1.807, 2.05) is 0 Å². The molecule has 0 heterocycles. The molecule has 5 nitrogen and oxygen atoms in total. The first-order chi connectivity index (χ1) is 7.11. The maximum atomic E-state index is 11.0. The van der Waals surface area contributed by atoms with E-state index in [1.165, 1.54) is 6.92 Å². The molecule has 0 aromatic carbocycles. The van der Waals surface area contributed by atoms with E-state index in [9.17, 15) is 9.59 Å². The molecule has 86 valence electrons. The van der Waals surface area contributed by atoms with Crippen LogP contribution in [0.4, 0.5) is 4.79 Å². The van der Waals surface area contributed by atoms with Crippen molar-refractivity contribution in [1.82, 2.24) is 16.0 Å². The monoisotopic (exact) mass is 213 g/mol. The number of urea groups is 1. The summed E-state index contributed by atoms with van der Waals surface area (Å²) in [6.45, 7) is 1.54. The van der Waals surface area contributed by atoms with E-state index in [4.69, 9.17) is 0 Å². The smallest absolute Gasteiger partial charge is 0.314 e. The summed E-state index contributed by atoms with van der Waals surface area (Å²) in [4.78, 5) is 21.9. The normalized spacial score (nSPS) is 25.5. The first kappa shape index (κ1) is 11.8. The van der Waals surface area contributed by atoms with Crippen molar-refractivity contribution in [3.05, 3.63) is 0 Å². The molecule has 0 bridgehead atoms. The van der Waals surface area contributed by atoms with Crippen molar-refractivity contribution in [1.29, 1.82) is 0 Å². The Hall–Kier alpha value is -1.26. The van der Waals surface area contributed by atoms with Crippen LogP contribution in [-0.2, 0) is 4.79 Å². The van der Waals surface area contributed by atoms with Crippen LogP contribution in [0.25, 0.3) is 0 Å². The van der Waals surface area contributed by atoms with Gasteiger partial charge in [-0.1, -0.05) is 0 Å². The van der Waals surface area contributed by atoms with Crippen molar-refractivity contribution < 1.29 is 9.59 Å². The Morgan fingerprint density at radius 1 is 1.00 bits per heavy atom. The Morgan fingerprint density at radius 3 is 1.87 bits per heavy atom. The zero-order chi connectivity index (χ0) is 11.3. The van der Waals surface area contributed by atoms with Crippen molar-refractivity contribution in [3.63, 3.8) is 0 Å². The van der Waals surface area contributed by atoms with Crippen LogP contribution in [0.15, 0.2) is 0 Å². The van der Waals surface area contributed by atoms with E-state index in [2.05, 4.69) is 16.0 Å². The van der Waals surface area contributed by atoms with Crippen LogP contribution in [-0.4, -0.2) is 31.1 Å². The molecule has 15 heavy (non-hydrogen) atoms. The van der Waals surface area contributed by atoms with E-state index >= 15 is 0 Å². The maximum absolute atomic E-state index is 11.0. The number of amides is 3. The molecule has 0 atom stereocenters. The Kier molecular flexibility index (Phi) is 4.39. The van der Waals surface area contributed by atoms with Crippen molar-refractivity contribution in [2.45, 2.75) is 44.7 Å². The van der Waals surface area contributed by atoms with E-state index in [0.29, 0.717) is 0 Å². The standard InChI is InChI=1S/C10H19N3O2/c1-7(14)12-8-3-5-9(6-4-8)13-10(15)11-2/h8-9H,3-6H2,1-2H3,(H,12,14)(H2,11,13,15)/t8-,9-. The summed E-state index contributed by atoms with van der Waals surface area (Å²) in [7, 11) is 1.61. The number of carbonyl (C=O) groups excluding carboxylic acids is 2. The fraction of sp³-hybridized carbons (Fsp3) is 0.800. The van der Waals surface area contributed by atoms with Crippen LogP contribution < -0.4 is 16.0 Å². The molecule has 0 saturated heterocycles. The molecule has 3 amide bonds. The van der Waals surface area contributed by atoms with Crippen molar-refractivity contribution in [3.8, 4) is 0 Å². The molecule has 1 aliphatic rings. The average Bonchev–Trinajstić information content (AvgIpc) is 2.20. The minimum atomic E-state index is -0.127. The van der Waals surface area contributed by atoms with Crippen LogP contribution in [0.5, 0.6) is 0 Å². The molecule has 1 rings (SSSR count). The Balaban J connectivity index is 2.23. The number of hydrogen-bond donors (Lipinski definition) is 3. The van der Waals surface area contributed by atoms with Crippen LogP contribution in [0.3, 0.4) is 0 Å². The summed E-state index contributed by atoms with van der Waals surface area (Å²) in [5.41, 5.74) is 0. The molecule has 0 aliphatic heterocycles. The van der Waals surface area contributed by atoms with Crippen LogP contribution in [0, 0.1) is 0 Å². The molecule has 3 N–H and O–H groups in total. The number of hydrogen-bond acceptors (Lipinski definition) is 2. The van der Waals surface area contributed by atoms with Gasteiger partial charge >= 0.3 is 6.03 Å².